The second kappa shape index (κ2) is 7.48. The zero-order valence-electron chi connectivity index (χ0n) is 18.2. The van der Waals surface area contributed by atoms with Gasteiger partial charge in [-0.25, -0.2) is 9.97 Å². The highest BCUT2D eigenvalue weighted by atomic mass is 16.1. The van der Waals surface area contributed by atoms with Gasteiger partial charge >= 0.3 is 0 Å². The lowest BCUT2D eigenvalue weighted by atomic mass is 9.83. The molecule has 0 spiro atoms. The normalized spacial score (nSPS) is 23.8. The van der Waals surface area contributed by atoms with Crippen molar-refractivity contribution in [3.8, 4) is 0 Å². The molecule has 31 heavy (non-hydrogen) atoms. The summed E-state index contributed by atoms with van der Waals surface area (Å²) in [4.78, 5) is 27.3. The van der Waals surface area contributed by atoms with Crippen molar-refractivity contribution in [3.63, 3.8) is 0 Å². The number of piperidine rings is 2. The number of aromatic nitrogens is 4. The van der Waals surface area contributed by atoms with Crippen molar-refractivity contribution in [2.45, 2.75) is 44.7 Å². The van der Waals surface area contributed by atoms with E-state index in [0.29, 0.717) is 11.8 Å². The third kappa shape index (κ3) is 3.26. The molecule has 7 nitrogen and oxygen atoms in total. The van der Waals surface area contributed by atoms with Gasteiger partial charge in [0.1, 0.15) is 17.8 Å². The summed E-state index contributed by atoms with van der Waals surface area (Å²) in [5, 5.41) is 1.11. The second-order valence-corrected chi connectivity index (χ2v) is 9.60. The highest BCUT2D eigenvalue weighted by Crippen LogP contribution is 2.38. The monoisotopic (exact) mass is 418 g/mol. The lowest BCUT2D eigenvalue weighted by molar-refractivity contribution is 0.218. The number of hydrogen-bond acceptors (Lipinski definition) is 5. The van der Waals surface area contributed by atoms with E-state index < -0.39 is 0 Å². The van der Waals surface area contributed by atoms with Crippen LogP contribution in [0, 0.1) is 5.92 Å². The van der Waals surface area contributed by atoms with E-state index in [4.69, 9.17) is 0 Å². The van der Waals surface area contributed by atoms with Crippen LogP contribution in [0.15, 0.2) is 35.5 Å². The first-order chi connectivity index (χ1) is 15.2. The number of anilines is 1. The van der Waals surface area contributed by atoms with Crippen LogP contribution in [-0.4, -0.2) is 50.2 Å². The molecule has 2 bridgehead atoms. The molecule has 6 heterocycles. The summed E-state index contributed by atoms with van der Waals surface area (Å²) in [5.41, 5.74) is 3.37. The van der Waals surface area contributed by atoms with Crippen molar-refractivity contribution in [2.75, 3.05) is 31.1 Å². The van der Waals surface area contributed by atoms with Gasteiger partial charge in [-0.2, -0.15) is 0 Å². The largest absolute Gasteiger partial charge is 0.355 e. The molecule has 6 rings (SSSR count). The molecule has 0 saturated carbocycles. The van der Waals surface area contributed by atoms with Crippen LogP contribution in [0.2, 0.25) is 0 Å². The molecular weight excluding hydrogens is 388 g/mol. The first kappa shape index (κ1) is 19.0. The molecule has 0 N–H and O–H groups in total. The molecule has 3 aromatic heterocycles. The molecule has 0 aromatic carbocycles. The number of hydrogen-bond donors (Lipinski definition) is 0. The standard InChI is InChI=1S/C24H30N6O/c1-27-10-7-20-22(27)25-16-26-23(20)29-12-17-11-19(15-29)21-6-5-18(24(31)30(21)13-17)14-28-8-3-2-4-9-28/h5-7,10,16-17,19H,2-4,8-9,11-15H2,1H3/t17-,19+/m0/s1. The molecule has 2 saturated heterocycles. The summed E-state index contributed by atoms with van der Waals surface area (Å²) in [6.45, 7) is 5.70. The van der Waals surface area contributed by atoms with Gasteiger partial charge in [-0.3, -0.25) is 9.69 Å². The van der Waals surface area contributed by atoms with Crippen LogP contribution in [0.1, 0.15) is 42.9 Å². The number of aryl methyl sites for hydroxylation is 1. The molecule has 3 aliphatic heterocycles. The van der Waals surface area contributed by atoms with Crippen LogP contribution in [-0.2, 0) is 20.1 Å². The van der Waals surface area contributed by atoms with E-state index in [1.54, 1.807) is 6.33 Å². The first-order valence-electron chi connectivity index (χ1n) is 11.6. The predicted molar refractivity (Wildman–Crippen MR) is 121 cm³/mol. The van der Waals surface area contributed by atoms with Gasteiger partial charge in [-0.1, -0.05) is 12.5 Å². The predicted octanol–water partition coefficient (Wildman–Crippen LogP) is 2.74. The molecule has 3 aromatic rings. The number of nitrogens with zero attached hydrogens (tertiary/aromatic N) is 6. The fourth-order valence-electron chi connectivity index (χ4n) is 5.96. The summed E-state index contributed by atoms with van der Waals surface area (Å²) in [7, 11) is 2.02. The molecule has 0 amide bonds. The number of pyridine rings is 1. The molecule has 2 atom stereocenters. The average Bonchev–Trinajstić information content (AvgIpc) is 3.18. The molecule has 3 aliphatic rings. The quantitative estimate of drug-likeness (QED) is 0.655. The summed E-state index contributed by atoms with van der Waals surface area (Å²) in [6, 6.07) is 6.44. The Morgan fingerprint density at radius 3 is 2.77 bits per heavy atom. The summed E-state index contributed by atoms with van der Waals surface area (Å²) < 4.78 is 4.14. The number of likely N-dealkylation sites (tertiary alicyclic amines) is 1. The Labute approximate surface area is 182 Å². The molecule has 0 unspecified atom stereocenters. The van der Waals surface area contributed by atoms with Crippen molar-refractivity contribution in [1.82, 2.24) is 24.0 Å². The lowest BCUT2D eigenvalue weighted by Crippen LogP contribution is -2.48. The smallest absolute Gasteiger partial charge is 0.255 e. The Morgan fingerprint density at radius 1 is 1.03 bits per heavy atom. The van der Waals surface area contributed by atoms with Crippen LogP contribution in [0.5, 0.6) is 0 Å². The van der Waals surface area contributed by atoms with Crippen LogP contribution >= 0.6 is 0 Å². The van der Waals surface area contributed by atoms with Crippen LogP contribution in [0.3, 0.4) is 0 Å². The third-order valence-electron chi connectivity index (χ3n) is 7.47. The lowest BCUT2D eigenvalue weighted by Gasteiger charge is -2.43. The maximum Gasteiger partial charge on any atom is 0.255 e. The van der Waals surface area contributed by atoms with Gasteiger partial charge in [0.2, 0.25) is 0 Å². The van der Waals surface area contributed by atoms with Crippen LogP contribution in [0.4, 0.5) is 5.82 Å². The van der Waals surface area contributed by atoms with E-state index >= 15 is 0 Å². The molecule has 0 aliphatic carbocycles. The Kier molecular flexibility index (Phi) is 4.60. The van der Waals surface area contributed by atoms with Gasteiger partial charge in [0, 0.05) is 56.6 Å². The van der Waals surface area contributed by atoms with E-state index in [-0.39, 0.29) is 5.56 Å². The van der Waals surface area contributed by atoms with Gasteiger partial charge in [0.25, 0.3) is 5.56 Å². The molecule has 2 fully saturated rings. The van der Waals surface area contributed by atoms with Crippen LogP contribution < -0.4 is 10.5 Å². The van der Waals surface area contributed by atoms with E-state index in [9.17, 15) is 4.79 Å². The van der Waals surface area contributed by atoms with E-state index in [2.05, 4.69) is 42.5 Å². The van der Waals surface area contributed by atoms with E-state index in [1.807, 2.05) is 17.8 Å². The molecule has 7 heteroatoms. The number of rotatable bonds is 3. The zero-order chi connectivity index (χ0) is 20.9. The molecular formula is C24H30N6O. The molecule has 162 valence electrons. The Balaban J connectivity index is 1.29. The highest BCUT2D eigenvalue weighted by molar-refractivity contribution is 5.87. The van der Waals surface area contributed by atoms with Crippen molar-refractivity contribution in [2.24, 2.45) is 13.0 Å². The first-order valence-corrected chi connectivity index (χ1v) is 11.6. The minimum absolute atomic E-state index is 0.235. The summed E-state index contributed by atoms with van der Waals surface area (Å²) in [6.07, 6.45) is 8.71. The Bertz CT molecular complexity index is 1170. The zero-order valence-corrected chi connectivity index (χ0v) is 18.2. The minimum Gasteiger partial charge on any atom is -0.355 e. The fourth-order valence-corrected chi connectivity index (χ4v) is 5.96. The third-order valence-corrected chi connectivity index (χ3v) is 7.47. The van der Waals surface area contributed by atoms with Crippen molar-refractivity contribution in [3.05, 3.63) is 52.3 Å². The van der Waals surface area contributed by atoms with Gasteiger partial charge in [0.15, 0.2) is 0 Å². The van der Waals surface area contributed by atoms with Crippen molar-refractivity contribution < 1.29 is 0 Å². The highest BCUT2D eigenvalue weighted by Gasteiger charge is 2.36. The SMILES string of the molecule is Cn1ccc2c(N3C[C@@H]4C[C@H](C3)c3ccc(CN5CCCCC5)c(=O)n3C4)ncnc21. The van der Waals surface area contributed by atoms with Gasteiger partial charge in [0.05, 0.1) is 5.39 Å². The van der Waals surface area contributed by atoms with E-state index in [0.717, 1.165) is 68.1 Å². The Hall–Kier alpha value is -2.67. The van der Waals surface area contributed by atoms with E-state index in [1.165, 1.54) is 25.0 Å². The second-order valence-electron chi connectivity index (χ2n) is 9.60. The topological polar surface area (TPSA) is 59.2 Å². The van der Waals surface area contributed by atoms with Gasteiger partial charge in [-0.15, -0.1) is 0 Å². The van der Waals surface area contributed by atoms with Gasteiger partial charge in [-0.05, 0) is 50.4 Å². The van der Waals surface area contributed by atoms with Crippen molar-refractivity contribution in [1.29, 1.82) is 0 Å². The minimum atomic E-state index is 0.235. The van der Waals surface area contributed by atoms with Gasteiger partial charge < -0.3 is 14.0 Å². The maximum absolute atomic E-state index is 13.3. The number of fused-ring (bicyclic) bond motifs is 5. The summed E-state index contributed by atoms with van der Waals surface area (Å²) in [5.74, 6) is 1.87. The van der Waals surface area contributed by atoms with Crippen molar-refractivity contribution >= 4 is 16.9 Å². The fraction of sp³-hybridized carbons (Fsp3) is 0.542. The molecule has 0 radical (unpaired) electrons. The Morgan fingerprint density at radius 2 is 1.90 bits per heavy atom. The van der Waals surface area contributed by atoms with Crippen LogP contribution in [0.25, 0.3) is 11.0 Å². The summed E-state index contributed by atoms with van der Waals surface area (Å²) >= 11 is 0. The average molecular weight is 419 g/mol. The maximum atomic E-state index is 13.3.